The van der Waals surface area contributed by atoms with Crippen molar-refractivity contribution in [3.8, 4) is 0 Å². The molecule has 2 saturated carbocycles. The first-order valence-corrected chi connectivity index (χ1v) is 8.28. The molecule has 2 fully saturated rings. The minimum atomic E-state index is 0.619. The number of hydrogen-bond donors (Lipinski definition) is 1. The van der Waals surface area contributed by atoms with E-state index in [1.165, 1.54) is 62.9 Å². The largest absolute Gasteiger partial charge is 0.347 e. The van der Waals surface area contributed by atoms with E-state index in [9.17, 15) is 0 Å². The van der Waals surface area contributed by atoms with E-state index in [4.69, 9.17) is 12.2 Å². The van der Waals surface area contributed by atoms with Crippen LogP contribution in [0.15, 0.2) is 6.07 Å². The van der Waals surface area contributed by atoms with Gasteiger partial charge in [-0.1, -0.05) is 38.4 Å². The lowest BCUT2D eigenvalue weighted by Crippen LogP contribution is -2.06. The molecule has 0 radical (unpaired) electrons. The molecule has 2 nitrogen and oxygen atoms in total. The lowest BCUT2D eigenvalue weighted by molar-refractivity contribution is 0.515. The molecule has 1 N–H and O–H groups in total. The van der Waals surface area contributed by atoms with Crippen molar-refractivity contribution in [2.45, 2.75) is 70.1 Å². The Labute approximate surface area is 121 Å². The van der Waals surface area contributed by atoms with Gasteiger partial charge in [0.2, 0.25) is 0 Å². The molecule has 2 unspecified atom stereocenters. The average Bonchev–Trinajstić information content (AvgIpc) is 3.09. The second-order valence-electron chi connectivity index (χ2n) is 6.33. The molecule has 0 aliphatic heterocycles. The van der Waals surface area contributed by atoms with Crippen LogP contribution < -0.4 is 0 Å². The molecular weight excluding hydrogens is 252 g/mol. The Hall–Kier alpha value is -0.700. The van der Waals surface area contributed by atoms with Crippen LogP contribution in [-0.2, 0) is 0 Å². The van der Waals surface area contributed by atoms with Gasteiger partial charge in [-0.25, -0.2) is 4.98 Å². The van der Waals surface area contributed by atoms with Crippen LogP contribution in [0.4, 0.5) is 0 Å². The molecule has 0 amide bonds. The maximum absolute atomic E-state index is 5.38. The van der Waals surface area contributed by atoms with E-state index < -0.39 is 0 Å². The number of H-pyrrole nitrogens is 1. The van der Waals surface area contributed by atoms with Crippen molar-refractivity contribution in [2.24, 2.45) is 5.92 Å². The Morgan fingerprint density at radius 2 is 2.00 bits per heavy atom. The van der Waals surface area contributed by atoms with Gasteiger partial charge in [0.1, 0.15) is 10.5 Å². The molecule has 0 spiro atoms. The number of nitrogens with one attached hydrogen (secondary N) is 1. The lowest BCUT2D eigenvalue weighted by Gasteiger charge is -2.15. The molecule has 1 aromatic heterocycles. The molecule has 3 heteroatoms. The zero-order chi connectivity index (χ0) is 13.2. The Bertz CT molecular complexity index is 488. The van der Waals surface area contributed by atoms with Crippen molar-refractivity contribution in [3.63, 3.8) is 0 Å². The van der Waals surface area contributed by atoms with Gasteiger partial charge in [-0.2, -0.15) is 0 Å². The Morgan fingerprint density at radius 1 is 1.21 bits per heavy atom. The summed E-state index contributed by atoms with van der Waals surface area (Å²) in [6.07, 6.45) is 10.6. The van der Waals surface area contributed by atoms with Gasteiger partial charge in [0.25, 0.3) is 0 Å². The fourth-order valence-corrected chi connectivity index (χ4v) is 4.07. The number of aromatic nitrogens is 2. The van der Waals surface area contributed by atoms with E-state index >= 15 is 0 Å². The highest BCUT2D eigenvalue weighted by Crippen LogP contribution is 2.39. The number of rotatable bonds is 3. The normalized spacial score (nSPS) is 28.1. The predicted molar refractivity (Wildman–Crippen MR) is 81.0 cm³/mol. The first-order chi connectivity index (χ1) is 9.26. The van der Waals surface area contributed by atoms with E-state index in [1.807, 2.05) is 0 Å². The van der Waals surface area contributed by atoms with Crippen LogP contribution in [0, 0.1) is 10.6 Å². The van der Waals surface area contributed by atoms with Crippen molar-refractivity contribution in [2.75, 3.05) is 0 Å². The van der Waals surface area contributed by atoms with E-state index in [-0.39, 0.29) is 0 Å². The summed E-state index contributed by atoms with van der Waals surface area (Å²) in [5, 5.41) is 0. The quantitative estimate of drug-likeness (QED) is 0.779. The molecule has 1 aromatic rings. The Balaban J connectivity index is 1.83. The highest BCUT2D eigenvalue weighted by atomic mass is 32.1. The summed E-state index contributed by atoms with van der Waals surface area (Å²) < 4.78 is 0.788. The van der Waals surface area contributed by atoms with Crippen LogP contribution in [-0.4, -0.2) is 9.97 Å². The summed E-state index contributed by atoms with van der Waals surface area (Å²) in [4.78, 5) is 8.25. The molecule has 0 bridgehead atoms. The average molecular weight is 276 g/mol. The fourth-order valence-electron chi connectivity index (χ4n) is 3.84. The lowest BCUT2D eigenvalue weighted by atomic mass is 10.0. The van der Waals surface area contributed by atoms with Crippen molar-refractivity contribution >= 4 is 12.2 Å². The van der Waals surface area contributed by atoms with E-state index in [0.717, 1.165) is 10.6 Å². The van der Waals surface area contributed by atoms with Gasteiger partial charge in [-0.3, -0.25) is 0 Å². The van der Waals surface area contributed by atoms with Crippen LogP contribution in [0.5, 0.6) is 0 Å². The summed E-state index contributed by atoms with van der Waals surface area (Å²) in [6, 6.07) is 2.10. The van der Waals surface area contributed by atoms with Gasteiger partial charge >= 0.3 is 0 Å². The van der Waals surface area contributed by atoms with Crippen LogP contribution >= 0.6 is 12.2 Å². The fraction of sp³-hybridized carbons (Fsp3) is 0.750. The number of nitrogens with zero attached hydrogens (tertiary/aromatic N) is 1. The van der Waals surface area contributed by atoms with Gasteiger partial charge in [0.15, 0.2) is 0 Å². The third-order valence-corrected chi connectivity index (χ3v) is 5.29. The summed E-state index contributed by atoms with van der Waals surface area (Å²) >= 11 is 5.38. The molecule has 0 aromatic carbocycles. The van der Waals surface area contributed by atoms with Crippen LogP contribution in [0.25, 0.3) is 0 Å². The molecule has 0 saturated heterocycles. The highest BCUT2D eigenvalue weighted by molar-refractivity contribution is 7.71. The molecule has 2 aliphatic rings. The van der Waals surface area contributed by atoms with E-state index in [2.05, 4.69) is 23.0 Å². The second-order valence-corrected chi connectivity index (χ2v) is 6.74. The predicted octanol–water partition coefficient (Wildman–Crippen LogP) is 5.09. The minimum Gasteiger partial charge on any atom is -0.347 e. The standard InChI is InChI=1S/C16H24N2S/c1-2-11-7-8-13(9-11)16-17-14(10-15(19)18-16)12-5-3-4-6-12/h10-13H,2-9H2,1H3,(H,17,18,19). The van der Waals surface area contributed by atoms with E-state index in [1.54, 1.807) is 0 Å². The smallest absolute Gasteiger partial charge is 0.130 e. The molecular formula is C16H24N2S. The summed E-state index contributed by atoms with van der Waals surface area (Å²) in [6.45, 7) is 2.30. The highest BCUT2D eigenvalue weighted by Gasteiger charge is 2.27. The van der Waals surface area contributed by atoms with Crippen LogP contribution in [0.2, 0.25) is 0 Å². The van der Waals surface area contributed by atoms with Crippen molar-refractivity contribution < 1.29 is 0 Å². The molecule has 1 heterocycles. The first-order valence-electron chi connectivity index (χ1n) is 7.87. The molecule has 19 heavy (non-hydrogen) atoms. The maximum atomic E-state index is 5.38. The first kappa shape index (κ1) is 13.3. The monoisotopic (exact) mass is 276 g/mol. The topological polar surface area (TPSA) is 28.7 Å². The molecule has 2 aliphatic carbocycles. The summed E-state index contributed by atoms with van der Waals surface area (Å²) in [5.74, 6) is 3.38. The van der Waals surface area contributed by atoms with Crippen molar-refractivity contribution in [3.05, 3.63) is 22.2 Å². The second kappa shape index (κ2) is 5.74. The third kappa shape index (κ3) is 2.91. The van der Waals surface area contributed by atoms with Gasteiger partial charge in [-0.05, 0) is 50.0 Å². The minimum absolute atomic E-state index is 0.619. The van der Waals surface area contributed by atoms with Crippen molar-refractivity contribution in [1.29, 1.82) is 0 Å². The van der Waals surface area contributed by atoms with Gasteiger partial charge in [-0.15, -0.1) is 0 Å². The maximum Gasteiger partial charge on any atom is 0.130 e. The van der Waals surface area contributed by atoms with Crippen LogP contribution in [0.1, 0.15) is 81.6 Å². The number of aromatic amines is 1. The van der Waals surface area contributed by atoms with Gasteiger partial charge < -0.3 is 4.98 Å². The Morgan fingerprint density at radius 3 is 2.68 bits per heavy atom. The SMILES string of the molecule is CCC1CCC(c2nc(=S)cc(C3CCCC3)[nH]2)C1. The Kier molecular flexibility index (Phi) is 4.01. The summed E-state index contributed by atoms with van der Waals surface area (Å²) in [7, 11) is 0. The van der Waals surface area contributed by atoms with Crippen LogP contribution in [0.3, 0.4) is 0 Å². The third-order valence-electron chi connectivity index (χ3n) is 5.08. The number of hydrogen-bond acceptors (Lipinski definition) is 2. The summed E-state index contributed by atoms with van der Waals surface area (Å²) in [5.41, 5.74) is 1.35. The van der Waals surface area contributed by atoms with Gasteiger partial charge in [0, 0.05) is 11.6 Å². The molecule has 2 atom stereocenters. The zero-order valence-electron chi connectivity index (χ0n) is 11.8. The van der Waals surface area contributed by atoms with Gasteiger partial charge in [0.05, 0.1) is 0 Å². The molecule has 104 valence electrons. The zero-order valence-corrected chi connectivity index (χ0v) is 12.6. The molecule has 3 rings (SSSR count). The van der Waals surface area contributed by atoms with Crippen molar-refractivity contribution in [1.82, 2.24) is 9.97 Å². The van der Waals surface area contributed by atoms with E-state index in [0.29, 0.717) is 11.8 Å².